The first-order valence-corrected chi connectivity index (χ1v) is 17.4. The van der Waals surface area contributed by atoms with Gasteiger partial charge in [0.15, 0.2) is 5.16 Å². The summed E-state index contributed by atoms with van der Waals surface area (Å²) in [6.07, 6.45) is -1.10. The maximum absolute atomic E-state index is 14.7. The maximum atomic E-state index is 14.7. The van der Waals surface area contributed by atoms with Crippen molar-refractivity contribution in [2.75, 3.05) is 25.9 Å². The number of unbranched alkanes of at least 4 members (excludes halogenated alkanes) is 1. The standard InChI is InChI=1S/C32H52ClN2O8P/c1-11-41-44(40)20-19-34(22-23-15-14-16-24(33)21-23)25(29(2,3)4)32(44,26(36)37)17-12-13-18-35(27(38)42-30(5,6)7)28(39)43-31(8,9)10/h14-16,21,25H,11-13,17-20,22H2,1-10H3,(H,36,37). The van der Waals surface area contributed by atoms with Gasteiger partial charge in [0.05, 0.1) is 6.61 Å². The molecule has 0 saturated carbocycles. The molecule has 44 heavy (non-hydrogen) atoms. The molecule has 1 saturated heterocycles. The van der Waals surface area contributed by atoms with Crippen LogP contribution in [-0.2, 0) is 29.9 Å². The van der Waals surface area contributed by atoms with E-state index >= 15 is 0 Å². The van der Waals surface area contributed by atoms with Crippen LogP contribution in [-0.4, -0.2) is 81.3 Å². The van der Waals surface area contributed by atoms with Gasteiger partial charge in [-0.3, -0.25) is 14.3 Å². The molecule has 0 aliphatic carbocycles. The number of rotatable bonds is 10. The van der Waals surface area contributed by atoms with E-state index in [4.69, 9.17) is 25.6 Å². The molecule has 3 atom stereocenters. The smallest absolute Gasteiger partial charge is 0.419 e. The van der Waals surface area contributed by atoms with Gasteiger partial charge in [-0.2, -0.15) is 0 Å². The second-order valence-electron chi connectivity index (χ2n) is 14.5. The van der Waals surface area contributed by atoms with Gasteiger partial charge in [0.1, 0.15) is 11.2 Å². The number of benzene rings is 1. The molecule has 0 aromatic heterocycles. The Morgan fingerprint density at radius 3 is 2.05 bits per heavy atom. The molecule has 1 aromatic carbocycles. The Balaban J connectivity index is 2.47. The normalized spacial score (nSPS) is 23.2. The number of carboxylic acid groups (broad SMARTS) is 1. The fraction of sp³-hybridized carbons (Fsp3) is 0.719. The molecule has 1 aromatic rings. The van der Waals surface area contributed by atoms with Crippen molar-refractivity contribution in [3.8, 4) is 0 Å². The molecule has 2 amide bonds. The molecule has 0 bridgehead atoms. The van der Waals surface area contributed by atoms with Crippen LogP contribution in [0.4, 0.5) is 9.59 Å². The zero-order valence-electron chi connectivity index (χ0n) is 28.1. The van der Waals surface area contributed by atoms with Crippen molar-refractivity contribution >= 4 is 37.1 Å². The number of ether oxygens (including phenoxy) is 2. The van der Waals surface area contributed by atoms with Crippen molar-refractivity contribution in [3.63, 3.8) is 0 Å². The van der Waals surface area contributed by atoms with E-state index in [1.54, 1.807) is 54.5 Å². The van der Waals surface area contributed by atoms with E-state index < -0.39 is 53.3 Å². The Labute approximate surface area is 268 Å². The van der Waals surface area contributed by atoms with Crippen molar-refractivity contribution in [1.82, 2.24) is 9.80 Å². The highest BCUT2D eigenvalue weighted by Gasteiger charge is 2.66. The summed E-state index contributed by atoms with van der Waals surface area (Å²) in [5.74, 6) is -1.18. The number of carbonyl (C=O) groups is 3. The van der Waals surface area contributed by atoms with Gasteiger partial charge in [0.2, 0.25) is 7.37 Å². The Morgan fingerprint density at radius 1 is 1.02 bits per heavy atom. The fourth-order valence-corrected chi connectivity index (χ4v) is 9.62. The number of aliphatic carboxylic acids is 1. The molecule has 0 spiro atoms. The summed E-state index contributed by atoms with van der Waals surface area (Å²) >= 11 is 6.26. The van der Waals surface area contributed by atoms with Crippen LogP contribution >= 0.6 is 19.0 Å². The highest BCUT2D eigenvalue weighted by atomic mass is 35.5. The highest BCUT2D eigenvalue weighted by molar-refractivity contribution is 7.62. The Morgan fingerprint density at radius 2 is 1.59 bits per heavy atom. The average molecular weight is 659 g/mol. The molecule has 1 fully saturated rings. The molecule has 1 heterocycles. The lowest BCUT2D eigenvalue weighted by Gasteiger charge is -2.55. The SMILES string of the molecule is CCOP1(=O)CCN(Cc2cccc(Cl)c2)C(C(C)(C)C)C1(CCCCN(C(=O)OC(C)(C)C)C(=O)OC(C)(C)C)C(=O)O. The molecule has 1 N–H and O–H groups in total. The molecule has 12 heteroatoms. The fourth-order valence-electron chi connectivity index (χ4n) is 6.00. The number of amides is 2. The monoisotopic (exact) mass is 658 g/mol. The largest absolute Gasteiger partial charge is 0.480 e. The molecule has 250 valence electrons. The predicted octanol–water partition coefficient (Wildman–Crippen LogP) is 8.05. The maximum Gasteiger partial charge on any atom is 0.419 e. The van der Waals surface area contributed by atoms with Gasteiger partial charge in [-0.05, 0) is 90.8 Å². The molecular formula is C32H52ClN2O8P. The van der Waals surface area contributed by atoms with Crippen LogP contribution < -0.4 is 0 Å². The number of imide groups is 1. The number of hydrogen-bond acceptors (Lipinski definition) is 8. The Kier molecular flexibility index (Phi) is 12.6. The third-order valence-electron chi connectivity index (χ3n) is 7.33. The van der Waals surface area contributed by atoms with Crippen LogP contribution in [0.3, 0.4) is 0 Å². The van der Waals surface area contributed by atoms with E-state index in [1.165, 1.54) is 0 Å². The first kappa shape index (κ1) is 38.1. The van der Waals surface area contributed by atoms with E-state index in [1.807, 2.05) is 39.0 Å². The van der Waals surface area contributed by atoms with Crippen LogP contribution in [0.15, 0.2) is 24.3 Å². The second-order valence-corrected chi connectivity index (χ2v) is 17.8. The summed E-state index contributed by atoms with van der Waals surface area (Å²) in [6, 6.07) is 6.76. The summed E-state index contributed by atoms with van der Waals surface area (Å²) < 4.78 is 31.5. The van der Waals surface area contributed by atoms with Gasteiger partial charge in [0, 0.05) is 36.9 Å². The van der Waals surface area contributed by atoms with E-state index in [9.17, 15) is 24.1 Å². The van der Waals surface area contributed by atoms with Crippen molar-refractivity contribution in [1.29, 1.82) is 0 Å². The van der Waals surface area contributed by atoms with Gasteiger partial charge >= 0.3 is 18.2 Å². The molecule has 1 aliphatic rings. The lowest BCUT2D eigenvalue weighted by molar-refractivity contribution is -0.146. The van der Waals surface area contributed by atoms with Crippen LogP contribution in [0.5, 0.6) is 0 Å². The quantitative estimate of drug-likeness (QED) is 0.196. The number of hydrogen-bond donors (Lipinski definition) is 1. The third-order valence-corrected chi connectivity index (χ3v) is 10.9. The van der Waals surface area contributed by atoms with Crippen LogP contribution in [0, 0.1) is 5.41 Å². The lowest BCUT2D eigenvalue weighted by atomic mass is 9.74. The van der Waals surface area contributed by atoms with Gasteiger partial charge in [0.25, 0.3) is 0 Å². The molecule has 10 nitrogen and oxygen atoms in total. The lowest BCUT2D eigenvalue weighted by Crippen LogP contribution is -2.66. The van der Waals surface area contributed by atoms with Crippen molar-refractivity contribution in [2.45, 2.75) is 117 Å². The summed E-state index contributed by atoms with van der Waals surface area (Å²) in [5.41, 5.74) is -1.37. The number of halogens is 1. The van der Waals surface area contributed by atoms with E-state index in [0.29, 0.717) is 18.1 Å². The minimum Gasteiger partial charge on any atom is -0.480 e. The van der Waals surface area contributed by atoms with E-state index in [-0.39, 0.29) is 38.6 Å². The van der Waals surface area contributed by atoms with Gasteiger partial charge in [-0.15, -0.1) is 0 Å². The summed E-state index contributed by atoms with van der Waals surface area (Å²) in [7, 11) is -3.74. The molecular weight excluding hydrogens is 607 g/mol. The van der Waals surface area contributed by atoms with Crippen molar-refractivity contribution in [3.05, 3.63) is 34.9 Å². The zero-order valence-corrected chi connectivity index (χ0v) is 29.7. The number of carboxylic acids is 1. The summed E-state index contributed by atoms with van der Waals surface area (Å²) in [5, 5.41) is 9.84. The predicted molar refractivity (Wildman–Crippen MR) is 173 cm³/mol. The van der Waals surface area contributed by atoms with E-state index in [0.717, 1.165) is 10.5 Å². The molecule has 0 radical (unpaired) electrons. The van der Waals surface area contributed by atoms with E-state index in [2.05, 4.69) is 4.90 Å². The van der Waals surface area contributed by atoms with Gasteiger partial charge in [-0.1, -0.05) is 44.5 Å². The topological polar surface area (TPSA) is 123 Å². The summed E-state index contributed by atoms with van der Waals surface area (Å²) in [6.45, 7) is 18.6. The van der Waals surface area contributed by atoms with Crippen molar-refractivity contribution in [2.24, 2.45) is 5.41 Å². The first-order chi connectivity index (χ1) is 20.1. The molecule has 3 unspecified atom stereocenters. The second kappa shape index (κ2) is 14.5. The van der Waals surface area contributed by atoms with Crippen molar-refractivity contribution < 1.29 is 38.1 Å². The van der Waals surface area contributed by atoms with Crippen LogP contribution in [0.1, 0.15) is 94.1 Å². The zero-order chi connectivity index (χ0) is 33.7. The number of nitrogens with zero attached hydrogens (tertiary/aromatic N) is 2. The molecule has 1 aliphatic heterocycles. The number of carbonyl (C=O) groups excluding carboxylic acids is 2. The minimum absolute atomic E-state index is 0.0179. The Bertz CT molecular complexity index is 1190. The minimum atomic E-state index is -3.74. The summed E-state index contributed by atoms with van der Waals surface area (Å²) in [4.78, 5) is 42.5. The van der Waals surface area contributed by atoms with Gasteiger partial charge < -0.3 is 19.1 Å². The van der Waals surface area contributed by atoms with Crippen LogP contribution in [0.25, 0.3) is 0 Å². The van der Waals surface area contributed by atoms with Gasteiger partial charge in [-0.25, -0.2) is 14.5 Å². The highest BCUT2D eigenvalue weighted by Crippen LogP contribution is 2.67. The van der Waals surface area contributed by atoms with Crippen LogP contribution in [0.2, 0.25) is 5.02 Å². The molecule has 2 rings (SSSR count). The first-order valence-electron chi connectivity index (χ1n) is 15.3. The third kappa shape index (κ3) is 9.68. The average Bonchev–Trinajstić information content (AvgIpc) is 2.82. The Hall–Kier alpha value is -2.13.